The SMILES string of the molecule is C=CS(=O)(=O)c1ccc(C2=COC(=O)C2c2ccccc2)cc1. The van der Waals surface area contributed by atoms with Crippen molar-refractivity contribution >= 4 is 21.4 Å². The van der Waals surface area contributed by atoms with Crippen LogP contribution in [0.1, 0.15) is 17.0 Å². The summed E-state index contributed by atoms with van der Waals surface area (Å²) in [4.78, 5) is 12.2. The summed E-state index contributed by atoms with van der Waals surface area (Å²) in [5.41, 5.74) is 2.29. The number of benzene rings is 2. The zero-order valence-electron chi connectivity index (χ0n) is 12.2. The molecule has 0 fully saturated rings. The summed E-state index contributed by atoms with van der Waals surface area (Å²) in [6.45, 7) is 3.31. The first-order valence-corrected chi connectivity index (χ1v) is 8.51. The average Bonchev–Trinajstić information content (AvgIpc) is 2.97. The second-order valence-electron chi connectivity index (χ2n) is 5.09. The lowest BCUT2D eigenvalue weighted by Crippen LogP contribution is -2.09. The number of esters is 1. The van der Waals surface area contributed by atoms with E-state index in [4.69, 9.17) is 4.74 Å². The van der Waals surface area contributed by atoms with Crippen LogP contribution in [0, 0.1) is 0 Å². The van der Waals surface area contributed by atoms with Gasteiger partial charge < -0.3 is 4.74 Å². The van der Waals surface area contributed by atoms with E-state index in [0.717, 1.165) is 16.5 Å². The zero-order valence-corrected chi connectivity index (χ0v) is 13.0. The molecule has 116 valence electrons. The second-order valence-corrected chi connectivity index (χ2v) is 6.98. The lowest BCUT2D eigenvalue weighted by Gasteiger charge is -2.12. The highest BCUT2D eigenvalue weighted by Gasteiger charge is 2.32. The maximum absolute atomic E-state index is 12.0. The van der Waals surface area contributed by atoms with Gasteiger partial charge in [-0.25, -0.2) is 8.42 Å². The molecule has 0 aliphatic carbocycles. The third-order valence-electron chi connectivity index (χ3n) is 3.72. The van der Waals surface area contributed by atoms with Gasteiger partial charge >= 0.3 is 5.97 Å². The van der Waals surface area contributed by atoms with Gasteiger partial charge in [-0.1, -0.05) is 49.0 Å². The monoisotopic (exact) mass is 326 g/mol. The molecular weight excluding hydrogens is 312 g/mol. The Labute approximate surface area is 134 Å². The first-order chi connectivity index (χ1) is 11.0. The summed E-state index contributed by atoms with van der Waals surface area (Å²) in [5.74, 6) is -0.841. The van der Waals surface area contributed by atoms with E-state index in [1.807, 2.05) is 30.3 Å². The van der Waals surface area contributed by atoms with E-state index in [-0.39, 0.29) is 10.9 Å². The molecule has 23 heavy (non-hydrogen) atoms. The Kier molecular flexibility index (Phi) is 3.88. The molecule has 0 N–H and O–H groups in total. The van der Waals surface area contributed by atoms with Crippen molar-refractivity contribution in [3.05, 3.63) is 84.0 Å². The maximum atomic E-state index is 12.0. The van der Waals surface area contributed by atoms with Crippen LogP contribution in [0.4, 0.5) is 0 Å². The first-order valence-electron chi connectivity index (χ1n) is 6.96. The second kappa shape index (κ2) is 5.85. The summed E-state index contributed by atoms with van der Waals surface area (Å²) in [5, 5.41) is 0.913. The Morgan fingerprint density at radius 3 is 2.26 bits per heavy atom. The molecule has 1 heterocycles. The quantitative estimate of drug-likeness (QED) is 0.809. The fourth-order valence-electron chi connectivity index (χ4n) is 2.51. The average molecular weight is 326 g/mol. The van der Waals surface area contributed by atoms with Crippen molar-refractivity contribution in [2.24, 2.45) is 0 Å². The first kappa shape index (κ1) is 15.2. The standard InChI is InChI=1S/C18H14O4S/c1-2-23(20,21)15-10-8-13(9-11-15)16-12-22-18(19)17(16)14-6-4-3-5-7-14/h2-12,17H,1H2. The smallest absolute Gasteiger partial charge is 0.322 e. The van der Waals surface area contributed by atoms with Gasteiger partial charge in [0.05, 0.1) is 11.2 Å². The van der Waals surface area contributed by atoms with E-state index in [2.05, 4.69) is 6.58 Å². The Morgan fingerprint density at radius 2 is 1.65 bits per heavy atom. The number of hydrogen-bond acceptors (Lipinski definition) is 4. The van der Waals surface area contributed by atoms with Crippen molar-refractivity contribution in [3.8, 4) is 0 Å². The molecular formula is C18H14O4S. The highest BCUT2D eigenvalue weighted by Crippen LogP contribution is 2.37. The number of hydrogen-bond donors (Lipinski definition) is 0. The van der Waals surface area contributed by atoms with Crippen molar-refractivity contribution < 1.29 is 17.9 Å². The minimum Gasteiger partial charge on any atom is -0.433 e. The molecule has 1 aliphatic heterocycles. The minimum absolute atomic E-state index is 0.165. The largest absolute Gasteiger partial charge is 0.433 e. The predicted molar refractivity (Wildman–Crippen MR) is 87.1 cm³/mol. The molecule has 0 radical (unpaired) electrons. The molecule has 0 amide bonds. The topological polar surface area (TPSA) is 60.4 Å². The number of cyclic esters (lactones) is 1. The zero-order chi connectivity index (χ0) is 16.4. The third-order valence-corrected chi connectivity index (χ3v) is 5.09. The van der Waals surface area contributed by atoms with Crippen molar-refractivity contribution in [1.29, 1.82) is 0 Å². The molecule has 1 aliphatic rings. The normalized spacial score (nSPS) is 17.5. The summed E-state index contributed by atoms with van der Waals surface area (Å²) < 4.78 is 28.6. The van der Waals surface area contributed by atoms with Gasteiger partial charge in [-0.05, 0) is 23.3 Å². The Morgan fingerprint density at radius 1 is 1.00 bits per heavy atom. The van der Waals surface area contributed by atoms with Crippen molar-refractivity contribution in [2.45, 2.75) is 10.8 Å². The minimum atomic E-state index is -3.47. The van der Waals surface area contributed by atoms with Crippen LogP contribution in [0.3, 0.4) is 0 Å². The van der Waals surface area contributed by atoms with Crippen LogP contribution in [0.25, 0.3) is 5.57 Å². The van der Waals surface area contributed by atoms with Gasteiger partial charge in [0.1, 0.15) is 5.92 Å². The van der Waals surface area contributed by atoms with Gasteiger partial charge in [-0.3, -0.25) is 4.79 Å². The van der Waals surface area contributed by atoms with Crippen molar-refractivity contribution in [2.75, 3.05) is 0 Å². The van der Waals surface area contributed by atoms with Gasteiger partial charge in [0, 0.05) is 11.0 Å². The molecule has 3 rings (SSSR count). The number of carbonyl (C=O) groups is 1. The number of sulfone groups is 1. The lowest BCUT2D eigenvalue weighted by atomic mass is 9.89. The fraction of sp³-hybridized carbons (Fsp3) is 0.0556. The summed E-state index contributed by atoms with van der Waals surface area (Å²) >= 11 is 0. The molecule has 5 heteroatoms. The van der Waals surface area contributed by atoms with E-state index >= 15 is 0 Å². The van der Waals surface area contributed by atoms with Gasteiger partial charge in [0.2, 0.25) is 0 Å². The van der Waals surface area contributed by atoms with Crippen LogP contribution < -0.4 is 0 Å². The number of ether oxygens (including phenoxy) is 1. The Bertz CT molecular complexity index is 878. The van der Waals surface area contributed by atoms with E-state index in [1.165, 1.54) is 18.4 Å². The lowest BCUT2D eigenvalue weighted by molar-refractivity contribution is -0.136. The maximum Gasteiger partial charge on any atom is 0.322 e. The van der Waals surface area contributed by atoms with E-state index in [9.17, 15) is 13.2 Å². The molecule has 0 spiro atoms. The molecule has 0 bridgehead atoms. The molecule has 1 atom stereocenters. The van der Waals surface area contributed by atoms with Crippen molar-refractivity contribution in [3.63, 3.8) is 0 Å². The molecule has 0 aromatic heterocycles. The Balaban J connectivity index is 1.98. The summed E-state index contributed by atoms with van der Waals surface area (Å²) in [6, 6.07) is 15.7. The van der Waals surface area contributed by atoms with E-state index in [1.54, 1.807) is 12.1 Å². The highest BCUT2D eigenvalue weighted by molar-refractivity contribution is 7.94. The molecule has 0 saturated carbocycles. The number of rotatable bonds is 4. The van der Waals surface area contributed by atoms with Crippen LogP contribution in [-0.2, 0) is 19.4 Å². The van der Waals surface area contributed by atoms with Crippen LogP contribution in [0.5, 0.6) is 0 Å². The Hall–Kier alpha value is -2.66. The summed E-state index contributed by atoms with van der Waals surface area (Å²) in [6.07, 6.45) is 1.43. The van der Waals surface area contributed by atoms with Crippen LogP contribution in [-0.4, -0.2) is 14.4 Å². The van der Waals surface area contributed by atoms with Gasteiger partial charge in [-0.15, -0.1) is 0 Å². The molecule has 1 unspecified atom stereocenters. The predicted octanol–water partition coefficient (Wildman–Crippen LogP) is 3.29. The van der Waals surface area contributed by atoms with Crippen molar-refractivity contribution in [1.82, 2.24) is 0 Å². The number of carbonyl (C=O) groups excluding carboxylic acids is 1. The van der Waals surface area contributed by atoms with Crippen LogP contribution >= 0.6 is 0 Å². The van der Waals surface area contributed by atoms with E-state index in [0.29, 0.717) is 5.57 Å². The summed E-state index contributed by atoms with van der Waals surface area (Å²) in [7, 11) is -3.47. The van der Waals surface area contributed by atoms with Gasteiger partial charge in [0.25, 0.3) is 0 Å². The molecule has 2 aromatic carbocycles. The molecule has 2 aromatic rings. The van der Waals surface area contributed by atoms with Crippen LogP contribution in [0.15, 0.2) is 77.7 Å². The van der Waals surface area contributed by atoms with E-state index < -0.39 is 15.8 Å². The molecule has 0 saturated heterocycles. The molecule has 4 nitrogen and oxygen atoms in total. The van der Waals surface area contributed by atoms with Gasteiger partial charge in [0.15, 0.2) is 9.84 Å². The van der Waals surface area contributed by atoms with Crippen LogP contribution in [0.2, 0.25) is 0 Å². The fourth-order valence-corrected chi connectivity index (χ4v) is 3.22. The highest BCUT2D eigenvalue weighted by atomic mass is 32.2. The van der Waals surface area contributed by atoms with Gasteiger partial charge in [-0.2, -0.15) is 0 Å². The third kappa shape index (κ3) is 2.83.